The highest BCUT2D eigenvalue weighted by Gasteiger charge is 2.20. The molecule has 0 aliphatic heterocycles. The Hall–Kier alpha value is -1.85. The van der Waals surface area contributed by atoms with Crippen LogP contribution in [0.4, 0.5) is 17.3 Å². The predicted octanol–water partition coefficient (Wildman–Crippen LogP) is 2.67. The van der Waals surface area contributed by atoms with E-state index < -0.39 is 4.92 Å². The molecule has 1 unspecified atom stereocenters. The fraction of sp³-hybridized carbons (Fsp3) is 0.583. The number of nitrogens with one attached hydrogen (secondary N) is 1. The van der Waals surface area contributed by atoms with Crippen LogP contribution in [-0.4, -0.2) is 16.5 Å². The van der Waals surface area contributed by atoms with Crippen molar-refractivity contribution in [1.82, 2.24) is 4.98 Å². The van der Waals surface area contributed by atoms with Crippen molar-refractivity contribution in [2.24, 2.45) is 11.3 Å². The van der Waals surface area contributed by atoms with Gasteiger partial charge in [0, 0.05) is 12.6 Å². The zero-order valence-electron chi connectivity index (χ0n) is 11.2. The minimum Gasteiger partial charge on any atom is -0.378 e. The Bertz CT molecular complexity index is 440. The second kappa shape index (κ2) is 5.20. The first-order valence-electron chi connectivity index (χ1n) is 5.86. The number of nitrogens with zero attached hydrogens (tertiary/aromatic N) is 2. The fourth-order valence-electron chi connectivity index (χ4n) is 1.28. The van der Waals surface area contributed by atoms with Crippen LogP contribution in [0.5, 0.6) is 0 Å². The molecule has 1 aromatic heterocycles. The molecule has 1 heterocycles. The third-order valence-corrected chi connectivity index (χ3v) is 3.17. The average molecular weight is 252 g/mol. The predicted molar refractivity (Wildman–Crippen MR) is 72.4 cm³/mol. The molecular weight excluding hydrogens is 232 g/mol. The molecule has 1 atom stereocenters. The number of nitrogen functional groups attached to an aromatic ring is 1. The number of hydrogen-bond donors (Lipinski definition) is 2. The fourth-order valence-corrected chi connectivity index (χ4v) is 1.28. The highest BCUT2D eigenvalue weighted by atomic mass is 16.6. The number of rotatable bonds is 4. The zero-order chi connectivity index (χ0) is 13.9. The second-order valence-corrected chi connectivity index (χ2v) is 5.51. The van der Waals surface area contributed by atoms with Gasteiger partial charge in [0.1, 0.15) is 5.82 Å². The normalized spacial score (nSPS) is 13.1. The molecule has 0 aliphatic carbocycles. The van der Waals surface area contributed by atoms with Crippen LogP contribution in [0.3, 0.4) is 0 Å². The summed E-state index contributed by atoms with van der Waals surface area (Å²) >= 11 is 0. The largest absolute Gasteiger partial charge is 0.378 e. The summed E-state index contributed by atoms with van der Waals surface area (Å²) in [6.07, 6.45) is 0. The Morgan fingerprint density at radius 1 is 1.50 bits per heavy atom. The van der Waals surface area contributed by atoms with Crippen LogP contribution in [0, 0.1) is 21.4 Å². The Kier molecular flexibility index (Phi) is 4.11. The first kappa shape index (κ1) is 14.2. The lowest BCUT2D eigenvalue weighted by Gasteiger charge is -2.27. The third kappa shape index (κ3) is 3.58. The molecule has 18 heavy (non-hydrogen) atoms. The molecule has 3 N–H and O–H groups in total. The lowest BCUT2D eigenvalue weighted by atomic mass is 9.82. The maximum atomic E-state index is 10.6. The molecule has 0 aliphatic rings. The number of nitro groups is 1. The van der Waals surface area contributed by atoms with E-state index in [1.54, 1.807) is 6.07 Å². The minimum absolute atomic E-state index is 0.0617. The van der Waals surface area contributed by atoms with Crippen LogP contribution < -0.4 is 11.1 Å². The summed E-state index contributed by atoms with van der Waals surface area (Å²) in [5.74, 6) is 0.943. The highest BCUT2D eigenvalue weighted by molar-refractivity contribution is 5.57. The van der Waals surface area contributed by atoms with Crippen molar-refractivity contribution in [3.63, 3.8) is 0 Å². The molecule has 0 aromatic carbocycles. The van der Waals surface area contributed by atoms with Gasteiger partial charge in [-0.2, -0.15) is 0 Å². The van der Waals surface area contributed by atoms with Crippen LogP contribution in [0.25, 0.3) is 0 Å². The lowest BCUT2D eigenvalue weighted by molar-refractivity contribution is -0.384. The zero-order valence-corrected chi connectivity index (χ0v) is 11.2. The molecule has 1 aromatic rings. The van der Waals surface area contributed by atoms with Gasteiger partial charge in [-0.05, 0) is 17.4 Å². The van der Waals surface area contributed by atoms with Gasteiger partial charge < -0.3 is 11.1 Å². The Morgan fingerprint density at radius 2 is 2.11 bits per heavy atom. The van der Waals surface area contributed by atoms with Crippen molar-refractivity contribution >= 4 is 17.3 Å². The van der Waals surface area contributed by atoms with Gasteiger partial charge in [0.15, 0.2) is 0 Å². The number of aromatic nitrogens is 1. The molecule has 0 radical (unpaired) electrons. The van der Waals surface area contributed by atoms with Gasteiger partial charge in [-0.15, -0.1) is 0 Å². The maximum Gasteiger partial charge on any atom is 0.311 e. The van der Waals surface area contributed by atoms with E-state index in [-0.39, 0.29) is 16.9 Å². The van der Waals surface area contributed by atoms with Gasteiger partial charge in [0.2, 0.25) is 5.82 Å². The van der Waals surface area contributed by atoms with E-state index in [1.165, 1.54) is 6.07 Å². The van der Waals surface area contributed by atoms with E-state index in [0.717, 1.165) is 6.54 Å². The molecule has 6 heteroatoms. The van der Waals surface area contributed by atoms with E-state index in [0.29, 0.717) is 11.7 Å². The molecule has 1 rings (SSSR count). The molecule has 0 fully saturated rings. The summed E-state index contributed by atoms with van der Waals surface area (Å²) in [7, 11) is 0. The number of hydrogen-bond acceptors (Lipinski definition) is 5. The van der Waals surface area contributed by atoms with Crippen LogP contribution in [-0.2, 0) is 0 Å². The average Bonchev–Trinajstić information content (AvgIpc) is 2.24. The van der Waals surface area contributed by atoms with E-state index in [1.807, 2.05) is 0 Å². The van der Waals surface area contributed by atoms with Gasteiger partial charge >= 0.3 is 5.69 Å². The highest BCUT2D eigenvalue weighted by Crippen LogP contribution is 2.26. The topological polar surface area (TPSA) is 94.1 Å². The van der Waals surface area contributed by atoms with Crippen LogP contribution in [0.2, 0.25) is 0 Å². The van der Waals surface area contributed by atoms with Crippen molar-refractivity contribution in [3.05, 3.63) is 22.2 Å². The first-order valence-corrected chi connectivity index (χ1v) is 5.86. The summed E-state index contributed by atoms with van der Waals surface area (Å²) < 4.78 is 0. The Labute approximate surface area is 107 Å². The van der Waals surface area contributed by atoms with Gasteiger partial charge in [-0.1, -0.05) is 27.7 Å². The number of anilines is 2. The monoisotopic (exact) mass is 252 g/mol. The van der Waals surface area contributed by atoms with Crippen LogP contribution >= 0.6 is 0 Å². The summed E-state index contributed by atoms with van der Waals surface area (Å²) in [5, 5.41) is 13.7. The van der Waals surface area contributed by atoms with E-state index in [4.69, 9.17) is 5.73 Å². The van der Waals surface area contributed by atoms with Crippen molar-refractivity contribution < 1.29 is 4.92 Å². The summed E-state index contributed by atoms with van der Waals surface area (Å²) in [6.45, 7) is 9.38. The first-order chi connectivity index (χ1) is 8.21. The molecule has 0 bridgehead atoms. The third-order valence-electron chi connectivity index (χ3n) is 3.17. The van der Waals surface area contributed by atoms with Crippen molar-refractivity contribution in [1.29, 1.82) is 0 Å². The van der Waals surface area contributed by atoms with E-state index in [9.17, 15) is 10.1 Å². The smallest absolute Gasteiger partial charge is 0.311 e. The van der Waals surface area contributed by atoms with Gasteiger partial charge in [-0.25, -0.2) is 4.98 Å². The van der Waals surface area contributed by atoms with Gasteiger partial charge in [-0.3, -0.25) is 10.1 Å². The lowest BCUT2D eigenvalue weighted by Crippen LogP contribution is -2.25. The minimum atomic E-state index is -0.538. The molecule has 0 spiro atoms. The maximum absolute atomic E-state index is 10.6. The molecular formula is C12H20N4O2. The van der Waals surface area contributed by atoms with Crippen LogP contribution in [0.1, 0.15) is 27.7 Å². The summed E-state index contributed by atoms with van der Waals surface area (Å²) in [5.41, 5.74) is 5.55. The standard InChI is InChI=1S/C12H20N4O2/c1-8(12(2,3)4)7-14-10-6-5-9(16(17)18)11(13)15-10/h5-6,8H,7H2,1-4H3,(H3,13,14,15). The SMILES string of the molecule is CC(CNc1ccc([N+](=O)[O-])c(N)n1)C(C)(C)C. The molecule has 0 saturated carbocycles. The van der Waals surface area contributed by atoms with Gasteiger partial charge in [0.05, 0.1) is 4.92 Å². The Morgan fingerprint density at radius 3 is 2.56 bits per heavy atom. The molecule has 0 amide bonds. The molecule has 0 saturated heterocycles. The van der Waals surface area contributed by atoms with Crippen molar-refractivity contribution in [2.75, 3.05) is 17.6 Å². The van der Waals surface area contributed by atoms with E-state index in [2.05, 4.69) is 38.0 Å². The summed E-state index contributed by atoms with van der Waals surface area (Å²) in [6, 6.07) is 2.94. The number of pyridine rings is 1. The van der Waals surface area contributed by atoms with Crippen LogP contribution in [0.15, 0.2) is 12.1 Å². The second-order valence-electron chi connectivity index (χ2n) is 5.51. The van der Waals surface area contributed by atoms with Crippen molar-refractivity contribution in [3.8, 4) is 0 Å². The Balaban J connectivity index is 2.70. The van der Waals surface area contributed by atoms with Crippen molar-refractivity contribution in [2.45, 2.75) is 27.7 Å². The molecule has 6 nitrogen and oxygen atoms in total. The molecule has 100 valence electrons. The van der Waals surface area contributed by atoms with Gasteiger partial charge in [0.25, 0.3) is 0 Å². The number of nitrogens with two attached hydrogens (primary N) is 1. The summed E-state index contributed by atoms with van der Waals surface area (Å²) in [4.78, 5) is 14.0. The quantitative estimate of drug-likeness (QED) is 0.634. The van der Waals surface area contributed by atoms with E-state index >= 15 is 0 Å².